The van der Waals surface area contributed by atoms with Crippen molar-refractivity contribution in [1.29, 1.82) is 0 Å². The smallest absolute Gasteiger partial charge is 0.396 e. The zero-order valence-corrected chi connectivity index (χ0v) is 9.12. The fourth-order valence-corrected chi connectivity index (χ4v) is 2.09. The molecule has 17 heavy (non-hydrogen) atoms. The lowest BCUT2D eigenvalue weighted by molar-refractivity contribution is -0.176. The topological polar surface area (TPSA) is 26.3 Å². The van der Waals surface area contributed by atoms with Gasteiger partial charge in [0, 0.05) is 13.3 Å². The number of rotatable bonds is 2. The maximum absolute atomic E-state index is 12.7. The number of benzene rings is 1. The molecule has 0 saturated heterocycles. The van der Waals surface area contributed by atoms with Crippen LogP contribution in [-0.2, 0) is 15.1 Å². The third-order valence-corrected chi connectivity index (χ3v) is 2.89. The number of hydrogen-bond donors (Lipinski definition) is 0. The van der Waals surface area contributed by atoms with Gasteiger partial charge in [-0.25, -0.2) is 0 Å². The lowest BCUT2D eigenvalue weighted by Gasteiger charge is -2.19. The number of alkyl halides is 3. The van der Waals surface area contributed by atoms with Crippen molar-refractivity contribution in [2.45, 2.75) is 25.1 Å². The van der Waals surface area contributed by atoms with Crippen LogP contribution in [0.1, 0.15) is 18.9 Å². The molecule has 0 unspecified atom stereocenters. The van der Waals surface area contributed by atoms with Crippen molar-refractivity contribution in [3.63, 3.8) is 0 Å². The lowest BCUT2D eigenvalue weighted by Crippen LogP contribution is -2.25. The van der Waals surface area contributed by atoms with Crippen molar-refractivity contribution in [3.8, 4) is 0 Å². The highest BCUT2D eigenvalue weighted by atomic mass is 19.4. The zero-order valence-electron chi connectivity index (χ0n) is 9.12. The van der Waals surface area contributed by atoms with Crippen molar-refractivity contribution in [2.75, 3.05) is 0 Å². The summed E-state index contributed by atoms with van der Waals surface area (Å²) in [6, 6.07) is 8.07. The van der Waals surface area contributed by atoms with E-state index in [1.54, 1.807) is 30.3 Å². The Balaban J connectivity index is 2.32. The second-order valence-corrected chi connectivity index (χ2v) is 4.15. The molecule has 1 aromatic rings. The molecule has 1 aliphatic rings. The van der Waals surface area contributed by atoms with Crippen LogP contribution in [0.3, 0.4) is 0 Å². The number of hydrogen-bond acceptors (Lipinski definition) is 2. The van der Waals surface area contributed by atoms with Crippen molar-refractivity contribution < 1.29 is 22.7 Å². The Morgan fingerprint density at radius 3 is 2.35 bits per heavy atom. The van der Waals surface area contributed by atoms with Gasteiger partial charge >= 0.3 is 12.1 Å². The highest BCUT2D eigenvalue weighted by Gasteiger charge is 2.70. The molecule has 0 N–H and O–H groups in total. The van der Waals surface area contributed by atoms with Gasteiger partial charge in [0.05, 0.1) is 0 Å². The van der Waals surface area contributed by atoms with Gasteiger partial charge in [0.1, 0.15) is 11.5 Å². The Labute approximate surface area is 96.4 Å². The summed E-state index contributed by atoms with van der Waals surface area (Å²) in [5.41, 5.74) is -1.11. The molecule has 0 amide bonds. The number of ether oxygens (including phenoxy) is 1. The van der Waals surface area contributed by atoms with Crippen molar-refractivity contribution in [2.24, 2.45) is 5.92 Å². The SMILES string of the molecule is CC(=O)O[C@@]1(c2ccccc2)C[C@@H]1C(F)(F)F. The van der Waals surface area contributed by atoms with Gasteiger partial charge in [-0.2, -0.15) is 13.2 Å². The van der Waals surface area contributed by atoms with Gasteiger partial charge in [0.2, 0.25) is 0 Å². The third kappa shape index (κ3) is 2.14. The molecular formula is C12H11F3O2. The Morgan fingerprint density at radius 2 is 1.94 bits per heavy atom. The Bertz CT molecular complexity index is 427. The van der Waals surface area contributed by atoms with Gasteiger partial charge in [-0.05, 0) is 5.56 Å². The van der Waals surface area contributed by atoms with Crippen LogP contribution in [0.4, 0.5) is 13.2 Å². The van der Waals surface area contributed by atoms with Gasteiger partial charge in [0.15, 0.2) is 0 Å². The van der Waals surface area contributed by atoms with E-state index >= 15 is 0 Å². The first-order chi connectivity index (χ1) is 7.86. The molecule has 2 rings (SSSR count). The fraction of sp³-hybridized carbons (Fsp3) is 0.417. The van der Waals surface area contributed by atoms with E-state index in [2.05, 4.69) is 0 Å². The molecule has 5 heteroatoms. The molecule has 0 aromatic heterocycles. The van der Waals surface area contributed by atoms with Gasteiger partial charge in [-0.3, -0.25) is 4.79 Å². The minimum absolute atomic E-state index is 0.194. The number of carbonyl (C=O) groups is 1. The van der Waals surface area contributed by atoms with Gasteiger partial charge in [0.25, 0.3) is 0 Å². The molecule has 2 atom stereocenters. The van der Waals surface area contributed by atoms with Crippen molar-refractivity contribution in [3.05, 3.63) is 35.9 Å². The maximum Gasteiger partial charge on any atom is 0.396 e. The predicted molar refractivity (Wildman–Crippen MR) is 54.0 cm³/mol. The summed E-state index contributed by atoms with van der Waals surface area (Å²) in [4.78, 5) is 11.0. The summed E-state index contributed by atoms with van der Waals surface area (Å²) in [7, 11) is 0. The summed E-state index contributed by atoms with van der Waals surface area (Å²) in [6.45, 7) is 1.12. The minimum Gasteiger partial charge on any atom is -0.454 e. The van der Waals surface area contributed by atoms with E-state index in [-0.39, 0.29) is 6.42 Å². The van der Waals surface area contributed by atoms with E-state index in [9.17, 15) is 18.0 Å². The highest BCUT2D eigenvalue weighted by molar-refractivity contribution is 5.67. The number of halogens is 3. The van der Waals surface area contributed by atoms with Crippen molar-refractivity contribution >= 4 is 5.97 Å². The normalized spacial score (nSPS) is 27.6. The van der Waals surface area contributed by atoms with Crippen LogP contribution in [0.5, 0.6) is 0 Å². The quantitative estimate of drug-likeness (QED) is 0.747. The third-order valence-electron chi connectivity index (χ3n) is 2.89. The average Bonchev–Trinajstić information content (AvgIpc) is 2.94. The molecule has 0 bridgehead atoms. The average molecular weight is 244 g/mol. The molecule has 0 radical (unpaired) electrons. The van der Waals surface area contributed by atoms with Crippen LogP contribution < -0.4 is 0 Å². The second-order valence-electron chi connectivity index (χ2n) is 4.15. The van der Waals surface area contributed by atoms with E-state index in [0.29, 0.717) is 5.56 Å². The first kappa shape index (κ1) is 12.0. The van der Waals surface area contributed by atoms with E-state index in [1.165, 1.54) is 0 Å². The minimum atomic E-state index is -4.34. The molecule has 1 saturated carbocycles. The van der Waals surface area contributed by atoms with E-state index in [0.717, 1.165) is 6.92 Å². The van der Waals surface area contributed by atoms with Crippen LogP contribution in [0.25, 0.3) is 0 Å². The van der Waals surface area contributed by atoms with E-state index < -0.39 is 23.7 Å². The van der Waals surface area contributed by atoms with Crippen LogP contribution in [0.2, 0.25) is 0 Å². The van der Waals surface area contributed by atoms with E-state index in [1.807, 2.05) is 0 Å². The van der Waals surface area contributed by atoms with Crippen LogP contribution in [0.15, 0.2) is 30.3 Å². The van der Waals surface area contributed by atoms with Crippen LogP contribution in [0, 0.1) is 5.92 Å². The summed E-state index contributed by atoms with van der Waals surface area (Å²) in [5.74, 6) is -2.29. The number of carbonyl (C=O) groups excluding carboxylic acids is 1. The van der Waals surface area contributed by atoms with Crippen LogP contribution in [-0.4, -0.2) is 12.1 Å². The molecule has 92 valence electrons. The number of esters is 1. The molecule has 1 fully saturated rings. The summed E-state index contributed by atoms with van der Waals surface area (Å²) in [5, 5.41) is 0. The second kappa shape index (κ2) is 3.75. The highest BCUT2D eigenvalue weighted by Crippen LogP contribution is 2.62. The standard InChI is InChI=1S/C12H11F3O2/c1-8(16)17-11(7-10(11)12(13,14)15)9-5-3-2-4-6-9/h2-6,10H,7H2,1H3/t10-,11+/m0/s1. The molecule has 1 aromatic carbocycles. The van der Waals surface area contributed by atoms with Gasteiger partial charge < -0.3 is 4.74 Å². The molecular weight excluding hydrogens is 233 g/mol. The predicted octanol–water partition coefficient (Wildman–Crippen LogP) is 3.03. The van der Waals surface area contributed by atoms with E-state index in [4.69, 9.17) is 4.74 Å². The Kier molecular flexibility index (Phi) is 2.64. The summed E-state index contributed by atoms with van der Waals surface area (Å²) >= 11 is 0. The Hall–Kier alpha value is -1.52. The summed E-state index contributed by atoms with van der Waals surface area (Å²) < 4.78 is 43.0. The molecule has 1 aliphatic carbocycles. The largest absolute Gasteiger partial charge is 0.454 e. The fourth-order valence-electron chi connectivity index (χ4n) is 2.09. The molecule has 2 nitrogen and oxygen atoms in total. The Morgan fingerprint density at radius 1 is 1.35 bits per heavy atom. The molecule has 0 heterocycles. The lowest BCUT2D eigenvalue weighted by atomic mass is 10.1. The van der Waals surface area contributed by atoms with Gasteiger partial charge in [-0.1, -0.05) is 30.3 Å². The molecule has 0 aliphatic heterocycles. The summed E-state index contributed by atoms with van der Waals surface area (Å²) in [6.07, 6.45) is -4.54. The van der Waals surface area contributed by atoms with Crippen molar-refractivity contribution in [1.82, 2.24) is 0 Å². The van der Waals surface area contributed by atoms with Gasteiger partial charge in [-0.15, -0.1) is 0 Å². The zero-order chi connectivity index (χ0) is 12.7. The first-order valence-electron chi connectivity index (χ1n) is 5.18. The molecule has 0 spiro atoms. The van der Waals surface area contributed by atoms with Crippen LogP contribution >= 0.6 is 0 Å². The first-order valence-corrected chi connectivity index (χ1v) is 5.18. The monoisotopic (exact) mass is 244 g/mol. The maximum atomic E-state index is 12.7.